The van der Waals surface area contributed by atoms with Gasteiger partial charge in [0, 0.05) is 67.0 Å². The minimum atomic E-state index is 1.09. The SMILES string of the molecule is c1ccc(-c2ccc3c(c2)c2cc4c5ccc(N(c6ccccc6)c6ccccc6)cc5c5ccc(-c6ccc(-c7ccc8c(c7)c7cc9c%10cc%11c%12ccccc%12c%12cc%13c(cc%12c%11cc%10c%10ccccc%10c9cc7n8-c7ccccc7)c7ccccc7n%13-c7ccccc7)cc6)cc5c4cc2c2ccc(N(c4ccccc4)c4ccccc4)cc32)cc1. The Labute approximate surface area is 714 Å². The van der Waals surface area contributed by atoms with Gasteiger partial charge < -0.3 is 18.9 Å². The molecule has 0 aliphatic carbocycles. The first-order valence-corrected chi connectivity index (χ1v) is 42.9. The average molecular weight is 1570 g/mol. The summed E-state index contributed by atoms with van der Waals surface area (Å²) in [6, 6.07) is 168. The molecule has 2 aromatic heterocycles. The van der Waals surface area contributed by atoms with Crippen molar-refractivity contribution in [3.05, 3.63) is 449 Å². The lowest BCUT2D eigenvalue weighted by Crippen LogP contribution is -2.09. The summed E-state index contributed by atoms with van der Waals surface area (Å²) in [4.78, 5) is 4.77. The monoisotopic (exact) mass is 1570 g/mol. The predicted molar refractivity (Wildman–Crippen MR) is 531 cm³/mol. The number of hydrogen-bond acceptors (Lipinski definition) is 2. The topological polar surface area (TPSA) is 16.3 Å². The Morgan fingerprint density at radius 3 is 0.718 bits per heavy atom. The van der Waals surface area contributed by atoms with E-state index in [0.717, 1.165) is 73.3 Å². The van der Waals surface area contributed by atoms with Crippen molar-refractivity contribution in [3.63, 3.8) is 0 Å². The summed E-state index contributed by atoms with van der Waals surface area (Å²) in [5.41, 5.74) is 20.6. The van der Waals surface area contributed by atoms with Crippen LogP contribution in [-0.2, 0) is 0 Å². The molecule has 4 nitrogen and oxygen atoms in total. The number of benzene rings is 24. The lowest BCUT2D eigenvalue weighted by Gasteiger charge is -2.26. The van der Waals surface area contributed by atoms with Crippen LogP contribution in [-0.4, -0.2) is 9.13 Å². The zero-order valence-electron chi connectivity index (χ0n) is 67.5. The second-order valence-corrected chi connectivity index (χ2v) is 33.3. The van der Waals surface area contributed by atoms with Crippen molar-refractivity contribution in [2.24, 2.45) is 0 Å². The highest BCUT2D eigenvalue weighted by atomic mass is 15.1. The molecule has 0 bridgehead atoms. The number of aromatic nitrogens is 2. The Kier molecular flexibility index (Phi) is 15.5. The normalized spacial score (nSPS) is 12.0. The van der Waals surface area contributed by atoms with E-state index in [2.05, 4.69) is 468 Å². The van der Waals surface area contributed by atoms with Gasteiger partial charge in [0.05, 0.1) is 22.1 Å². The van der Waals surface area contributed by atoms with E-state index in [1.165, 1.54) is 178 Å². The van der Waals surface area contributed by atoms with Crippen molar-refractivity contribution in [1.82, 2.24) is 9.13 Å². The Morgan fingerprint density at radius 1 is 0.113 bits per heavy atom. The smallest absolute Gasteiger partial charge is 0.0547 e. The maximum absolute atomic E-state index is 2.53. The predicted octanol–water partition coefficient (Wildman–Crippen LogP) is 33.7. The van der Waals surface area contributed by atoms with E-state index >= 15 is 0 Å². The molecule has 0 spiro atoms. The van der Waals surface area contributed by atoms with Crippen molar-refractivity contribution in [3.8, 4) is 44.8 Å². The van der Waals surface area contributed by atoms with Crippen LogP contribution >= 0.6 is 0 Å². The molecule has 0 aliphatic heterocycles. The standard InChI is InChI=1S/C120H74N4/c1-8-28-75(29-9-1)78-52-57-93-98(62-78)106-69-105-96-60-56-88(122(83-34-14-4-15-35-83)84-36-16-5-17-37-84)66-101(96)94-58-53-79(63-99(94)107(105)70-104(106)95-59-55-87(65-100(93)95)121(81-30-10-2-11-31-81)82-32-12-3-13-33-82)76-48-50-77(51-49-76)80-54-61-118-114(64-80)116-72-111-109-68-102-89-42-22-24-44-91(89)112-73-119-115(97-46-26-27-47-117(97)123(119)85-38-18-6-19-39-85)71-110(112)108(102)67-103(109)90-43-23-25-45-92(90)113(111)74-120(116)124(118)86-40-20-7-21-41-86/h1-74H. The Bertz CT molecular complexity index is 8860. The van der Waals surface area contributed by atoms with Crippen molar-refractivity contribution in [2.75, 3.05) is 9.80 Å². The van der Waals surface area contributed by atoms with Crippen LogP contribution in [0.4, 0.5) is 34.1 Å². The van der Waals surface area contributed by atoms with Crippen LogP contribution in [0, 0.1) is 0 Å². The van der Waals surface area contributed by atoms with E-state index in [1.54, 1.807) is 0 Å². The molecule has 0 radical (unpaired) electrons. The van der Waals surface area contributed by atoms with Crippen LogP contribution in [0.15, 0.2) is 449 Å². The second kappa shape index (κ2) is 27.6. The molecule has 124 heavy (non-hydrogen) atoms. The zero-order chi connectivity index (χ0) is 81.2. The molecule has 4 heteroatoms. The Balaban J connectivity index is 0.660. The van der Waals surface area contributed by atoms with Gasteiger partial charge in [0.2, 0.25) is 0 Å². The molecule has 26 aromatic rings. The fraction of sp³-hybridized carbons (Fsp3) is 0. The van der Waals surface area contributed by atoms with Gasteiger partial charge in [0.1, 0.15) is 0 Å². The van der Waals surface area contributed by atoms with Gasteiger partial charge in [-0.3, -0.25) is 0 Å². The fourth-order valence-electron chi connectivity index (χ4n) is 21.1. The van der Waals surface area contributed by atoms with Gasteiger partial charge in [0.15, 0.2) is 0 Å². The van der Waals surface area contributed by atoms with Gasteiger partial charge >= 0.3 is 0 Å². The molecule has 24 aromatic carbocycles. The fourth-order valence-corrected chi connectivity index (χ4v) is 21.1. The molecule has 0 atom stereocenters. The van der Waals surface area contributed by atoms with Gasteiger partial charge in [-0.05, 0) is 339 Å². The van der Waals surface area contributed by atoms with Crippen LogP contribution in [0.1, 0.15) is 0 Å². The second-order valence-electron chi connectivity index (χ2n) is 33.3. The van der Waals surface area contributed by atoms with Crippen molar-refractivity contribution in [1.29, 1.82) is 0 Å². The molecule has 0 saturated carbocycles. The van der Waals surface area contributed by atoms with E-state index < -0.39 is 0 Å². The van der Waals surface area contributed by atoms with Gasteiger partial charge in [-0.15, -0.1) is 0 Å². The first-order valence-electron chi connectivity index (χ1n) is 42.9. The number of fused-ring (bicyclic) bond motifs is 30. The van der Waals surface area contributed by atoms with Gasteiger partial charge in [0.25, 0.3) is 0 Å². The molecule has 26 rings (SSSR count). The van der Waals surface area contributed by atoms with Crippen LogP contribution in [0.5, 0.6) is 0 Å². The summed E-state index contributed by atoms with van der Waals surface area (Å²) >= 11 is 0. The largest absolute Gasteiger partial charge is 0.310 e. The summed E-state index contributed by atoms with van der Waals surface area (Å²) in [5, 5.41) is 34.4. The number of rotatable bonds is 11. The van der Waals surface area contributed by atoms with Gasteiger partial charge in [-0.2, -0.15) is 0 Å². The summed E-state index contributed by atoms with van der Waals surface area (Å²) in [7, 11) is 0. The van der Waals surface area contributed by atoms with E-state index in [-0.39, 0.29) is 0 Å². The maximum atomic E-state index is 2.53. The quantitative estimate of drug-likeness (QED) is 0.0948. The van der Waals surface area contributed by atoms with Crippen molar-refractivity contribution >= 4 is 207 Å². The third kappa shape index (κ3) is 10.8. The van der Waals surface area contributed by atoms with Crippen molar-refractivity contribution in [2.45, 2.75) is 0 Å². The number of hydrogen-bond donors (Lipinski definition) is 0. The van der Waals surface area contributed by atoms with Crippen LogP contribution < -0.4 is 9.80 Å². The van der Waals surface area contributed by atoms with Crippen LogP contribution in [0.3, 0.4) is 0 Å². The van der Waals surface area contributed by atoms with Gasteiger partial charge in [-0.25, -0.2) is 0 Å². The summed E-state index contributed by atoms with van der Waals surface area (Å²) in [6.45, 7) is 0. The lowest BCUT2D eigenvalue weighted by atomic mass is 9.86. The molecule has 0 aliphatic rings. The molecule has 0 unspecified atom stereocenters. The average Bonchev–Trinajstić information content (AvgIpc) is 1.40. The molecule has 574 valence electrons. The Hall–Kier alpha value is -16.4. The summed E-state index contributed by atoms with van der Waals surface area (Å²) in [6.07, 6.45) is 0. The molecule has 0 amide bonds. The highest BCUT2D eigenvalue weighted by Crippen LogP contribution is 2.51. The lowest BCUT2D eigenvalue weighted by molar-refractivity contribution is 1.18. The maximum Gasteiger partial charge on any atom is 0.0547 e. The highest BCUT2D eigenvalue weighted by molar-refractivity contribution is 6.37. The molecule has 0 saturated heterocycles. The Morgan fingerprint density at radius 2 is 0.339 bits per heavy atom. The van der Waals surface area contributed by atoms with E-state index in [4.69, 9.17) is 0 Å². The van der Waals surface area contributed by atoms with Gasteiger partial charge in [-0.1, -0.05) is 273 Å². The number of anilines is 6. The third-order valence-corrected chi connectivity index (χ3v) is 26.7. The highest BCUT2D eigenvalue weighted by Gasteiger charge is 2.25. The molecular weight excluding hydrogens is 1500 g/mol. The minimum absolute atomic E-state index is 1.09. The third-order valence-electron chi connectivity index (χ3n) is 26.7. The molecular formula is C120H74N4. The summed E-state index contributed by atoms with van der Waals surface area (Å²) in [5.74, 6) is 0. The van der Waals surface area contributed by atoms with E-state index in [0.29, 0.717) is 0 Å². The summed E-state index contributed by atoms with van der Waals surface area (Å²) < 4.78 is 4.93. The first kappa shape index (κ1) is 69.5. The number of para-hydroxylation sites is 7. The van der Waals surface area contributed by atoms with Crippen LogP contribution in [0.25, 0.3) is 218 Å². The molecule has 0 fully saturated rings. The molecule has 0 N–H and O–H groups in total. The van der Waals surface area contributed by atoms with Crippen molar-refractivity contribution < 1.29 is 0 Å². The minimum Gasteiger partial charge on any atom is -0.310 e. The van der Waals surface area contributed by atoms with Crippen LogP contribution in [0.2, 0.25) is 0 Å². The first-order chi connectivity index (χ1) is 61.5. The molecule has 2 heterocycles. The van der Waals surface area contributed by atoms with E-state index in [1.807, 2.05) is 0 Å². The number of nitrogens with zero attached hydrogens (tertiary/aromatic N) is 4. The van der Waals surface area contributed by atoms with E-state index in [9.17, 15) is 0 Å². The zero-order valence-corrected chi connectivity index (χ0v) is 67.5.